The van der Waals surface area contributed by atoms with E-state index in [-0.39, 0.29) is 5.91 Å². The predicted octanol–water partition coefficient (Wildman–Crippen LogP) is 1.65. The molecule has 0 bridgehead atoms. The van der Waals surface area contributed by atoms with E-state index in [1.54, 1.807) is 24.3 Å². The Labute approximate surface area is 144 Å². The molecule has 2 aromatic rings. The molecule has 0 aliphatic carbocycles. The number of aryl methyl sites for hydroxylation is 1. The van der Waals surface area contributed by atoms with E-state index in [0.717, 1.165) is 5.56 Å². The van der Waals surface area contributed by atoms with E-state index in [4.69, 9.17) is 10.8 Å². The van der Waals surface area contributed by atoms with Crippen molar-refractivity contribution in [3.05, 3.63) is 59.7 Å². The third kappa shape index (κ3) is 5.98. The number of carboxylic acid groups (broad SMARTS) is 1. The zero-order valence-corrected chi connectivity index (χ0v) is 13.5. The van der Waals surface area contributed by atoms with Gasteiger partial charge in [0.2, 0.25) is 5.91 Å². The van der Waals surface area contributed by atoms with Crippen LogP contribution in [0.25, 0.3) is 0 Å². The summed E-state index contributed by atoms with van der Waals surface area (Å²) >= 11 is 0. The van der Waals surface area contributed by atoms with Gasteiger partial charge in [-0.3, -0.25) is 14.4 Å². The van der Waals surface area contributed by atoms with Gasteiger partial charge < -0.3 is 21.5 Å². The molecule has 2 amide bonds. The molecule has 0 aromatic heterocycles. The number of carboxylic acids is 1. The molecule has 5 N–H and O–H groups in total. The zero-order chi connectivity index (χ0) is 18.2. The molecule has 130 valence electrons. The molecule has 0 heterocycles. The first-order valence-corrected chi connectivity index (χ1v) is 7.68. The normalized spacial score (nSPS) is 10.1. The summed E-state index contributed by atoms with van der Waals surface area (Å²) in [5.74, 6) is -1.73. The molecule has 0 aliphatic heterocycles. The fourth-order valence-corrected chi connectivity index (χ4v) is 2.13. The maximum Gasteiger partial charge on any atom is 0.322 e. The fraction of sp³-hybridized carbons (Fsp3) is 0.167. The first-order valence-electron chi connectivity index (χ1n) is 7.68. The van der Waals surface area contributed by atoms with Crippen molar-refractivity contribution in [1.82, 2.24) is 5.32 Å². The molecule has 0 atom stereocenters. The van der Waals surface area contributed by atoms with Crippen LogP contribution in [0.15, 0.2) is 48.5 Å². The lowest BCUT2D eigenvalue weighted by molar-refractivity contribution is -0.135. The summed E-state index contributed by atoms with van der Waals surface area (Å²) in [7, 11) is 0. The van der Waals surface area contributed by atoms with Crippen molar-refractivity contribution in [2.75, 3.05) is 17.6 Å². The van der Waals surface area contributed by atoms with E-state index in [1.165, 1.54) is 12.1 Å². The van der Waals surface area contributed by atoms with Crippen LogP contribution < -0.4 is 16.4 Å². The van der Waals surface area contributed by atoms with Crippen LogP contribution in [0, 0.1) is 0 Å². The topological polar surface area (TPSA) is 122 Å². The summed E-state index contributed by atoms with van der Waals surface area (Å²) in [6.45, 7) is -0.442. The largest absolute Gasteiger partial charge is 0.480 e. The lowest BCUT2D eigenvalue weighted by Crippen LogP contribution is -2.29. The maximum atomic E-state index is 12.0. The minimum absolute atomic E-state index is 0.139. The van der Waals surface area contributed by atoms with Crippen LogP contribution in [0.1, 0.15) is 22.3 Å². The molecule has 25 heavy (non-hydrogen) atoms. The van der Waals surface area contributed by atoms with Crippen LogP contribution in [-0.4, -0.2) is 29.4 Å². The third-order valence-corrected chi connectivity index (χ3v) is 3.45. The summed E-state index contributed by atoms with van der Waals surface area (Å²) in [4.78, 5) is 34.1. The number of nitrogen functional groups attached to an aromatic ring is 1. The molecule has 0 spiro atoms. The van der Waals surface area contributed by atoms with Gasteiger partial charge in [0, 0.05) is 23.4 Å². The van der Waals surface area contributed by atoms with Gasteiger partial charge in [-0.25, -0.2) is 0 Å². The minimum Gasteiger partial charge on any atom is -0.480 e. The van der Waals surface area contributed by atoms with Crippen LogP contribution in [0.2, 0.25) is 0 Å². The first-order chi connectivity index (χ1) is 11.9. The summed E-state index contributed by atoms with van der Waals surface area (Å²) in [6, 6.07) is 13.6. The monoisotopic (exact) mass is 341 g/mol. The number of benzene rings is 2. The third-order valence-electron chi connectivity index (χ3n) is 3.45. The van der Waals surface area contributed by atoms with Gasteiger partial charge in [-0.2, -0.15) is 0 Å². The number of nitrogens with two attached hydrogens (primary N) is 1. The highest BCUT2D eigenvalue weighted by Gasteiger charge is 2.08. The number of hydrogen-bond acceptors (Lipinski definition) is 4. The van der Waals surface area contributed by atoms with Gasteiger partial charge in [-0.15, -0.1) is 0 Å². The van der Waals surface area contributed by atoms with Crippen LogP contribution in [0.5, 0.6) is 0 Å². The molecule has 7 nitrogen and oxygen atoms in total. The Morgan fingerprint density at radius 1 is 0.960 bits per heavy atom. The number of anilines is 2. The van der Waals surface area contributed by atoms with Gasteiger partial charge in [0.25, 0.3) is 5.91 Å². The Hall–Kier alpha value is -3.35. The lowest BCUT2D eigenvalue weighted by Gasteiger charge is -2.07. The quantitative estimate of drug-likeness (QED) is 0.571. The number of hydrogen-bond donors (Lipinski definition) is 4. The van der Waals surface area contributed by atoms with Gasteiger partial charge in [-0.1, -0.05) is 12.1 Å². The standard InChI is InChI=1S/C18H19N3O4/c19-14-6-1-12(2-7-14)3-10-16(22)21-15-8-4-13(5-9-15)18(25)20-11-17(23)24/h1-2,4-9H,3,10-11,19H2,(H,20,25)(H,21,22)(H,23,24). The number of aliphatic carboxylic acids is 1. The second-order valence-electron chi connectivity index (χ2n) is 5.44. The highest BCUT2D eigenvalue weighted by molar-refractivity contribution is 5.97. The van der Waals surface area contributed by atoms with E-state index in [9.17, 15) is 14.4 Å². The van der Waals surface area contributed by atoms with E-state index in [1.807, 2.05) is 12.1 Å². The van der Waals surface area contributed by atoms with Gasteiger partial charge >= 0.3 is 5.97 Å². The smallest absolute Gasteiger partial charge is 0.322 e. The number of carbonyl (C=O) groups excluding carboxylic acids is 2. The van der Waals surface area contributed by atoms with Crippen LogP contribution in [-0.2, 0) is 16.0 Å². The second kappa shape index (κ2) is 8.49. The van der Waals surface area contributed by atoms with Crippen molar-refractivity contribution in [2.45, 2.75) is 12.8 Å². The van der Waals surface area contributed by atoms with Gasteiger partial charge in [-0.05, 0) is 48.4 Å². The highest BCUT2D eigenvalue weighted by Crippen LogP contribution is 2.12. The van der Waals surface area contributed by atoms with Crippen LogP contribution in [0.4, 0.5) is 11.4 Å². The number of amides is 2. The SMILES string of the molecule is Nc1ccc(CCC(=O)Nc2ccc(C(=O)NCC(=O)O)cc2)cc1. The Balaban J connectivity index is 1.83. The molecule has 2 rings (SSSR count). The number of carbonyl (C=O) groups is 3. The van der Waals surface area contributed by atoms with Crippen molar-refractivity contribution in [3.63, 3.8) is 0 Å². The number of nitrogens with one attached hydrogen (secondary N) is 2. The second-order valence-corrected chi connectivity index (χ2v) is 5.44. The Morgan fingerprint density at radius 2 is 1.60 bits per heavy atom. The number of rotatable bonds is 7. The maximum absolute atomic E-state index is 12.0. The Morgan fingerprint density at radius 3 is 2.20 bits per heavy atom. The molecular weight excluding hydrogens is 322 g/mol. The van der Waals surface area contributed by atoms with Crippen molar-refractivity contribution >= 4 is 29.2 Å². The molecule has 0 saturated carbocycles. The molecular formula is C18H19N3O4. The average Bonchev–Trinajstić information content (AvgIpc) is 2.60. The molecule has 0 radical (unpaired) electrons. The predicted molar refractivity (Wildman–Crippen MR) is 94.2 cm³/mol. The van der Waals surface area contributed by atoms with E-state index in [0.29, 0.717) is 29.8 Å². The van der Waals surface area contributed by atoms with E-state index < -0.39 is 18.4 Å². The Kier molecular flexibility index (Phi) is 6.11. The van der Waals surface area contributed by atoms with Gasteiger partial charge in [0.15, 0.2) is 0 Å². The van der Waals surface area contributed by atoms with E-state index in [2.05, 4.69) is 10.6 Å². The minimum atomic E-state index is -1.11. The van der Waals surface area contributed by atoms with Crippen molar-refractivity contribution in [2.24, 2.45) is 0 Å². The molecule has 0 aliphatic rings. The van der Waals surface area contributed by atoms with Gasteiger partial charge in [0.1, 0.15) is 6.54 Å². The lowest BCUT2D eigenvalue weighted by atomic mass is 10.1. The molecule has 7 heteroatoms. The fourth-order valence-electron chi connectivity index (χ4n) is 2.13. The Bertz CT molecular complexity index is 755. The van der Waals surface area contributed by atoms with Crippen molar-refractivity contribution in [3.8, 4) is 0 Å². The summed E-state index contributed by atoms with van der Waals surface area (Å²) in [6.07, 6.45) is 0.923. The van der Waals surface area contributed by atoms with Crippen molar-refractivity contribution < 1.29 is 19.5 Å². The van der Waals surface area contributed by atoms with Gasteiger partial charge in [0.05, 0.1) is 0 Å². The van der Waals surface area contributed by atoms with Crippen molar-refractivity contribution in [1.29, 1.82) is 0 Å². The first kappa shape index (κ1) is 18.0. The molecule has 0 fully saturated rings. The zero-order valence-electron chi connectivity index (χ0n) is 13.5. The summed E-state index contributed by atoms with van der Waals surface area (Å²) < 4.78 is 0. The summed E-state index contributed by atoms with van der Waals surface area (Å²) in [5.41, 5.74) is 8.21. The molecule has 0 unspecified atom stereocenters. The molecule has 0 saturated heterocycles. The van der Waals surface area contributed by atoms with E-state index >= 15 is 0 Å². The van der Waals surface area contributed by atoms with Crippen LogP contribution >= 0.6 is 0 Å². The molecule has 2 aromatic carbocycles. The van der Waals surface area contributed by atoms with Crippen LogP contribution in [0.3, 0.4) is 0 Å². The summed E-state index contributed by atoms with van der Waals surface area (Å²) in [5, 5.41) is 13.5. The highest BCUT2D eigenvalue weighted by atomic mass is 16.4. The average molecular weight is 341 g/mol.